The number of hydrogen-bond donors (Lipinski definition) is 3. The van der Waals surface area contributed by atoms with E-state index < -0.39 is 33.7 Å². The number of carbonyl (C=O) groups is 2. The summed E-state index contributed by atoms with van der Waals surface area (Å²) < 4.78 is 28.7. The number of aliphatic carboxylic acids is 2. The Bertz CT molecular complexity index is 317. The molecule has 0 aliphatic carbocycles. The summed E-state index contributed by atoms with van der Waals surface area (Å²) in [5.74, 6) is -3.50. The molecule has 1 unspecified atom stereocenters. The molecule has 0 aromatic carbocycles. The van der Waals surface area contributed by atoms with E-state index >= 15 is 0 Å². The number of carboxylic acid groups (broad SMARTS) is 2. The SMILES string of the molecule is C=C.C=C.O=C(O)CC(C(=O)O)S(=O)(=O)O. The van der Waals surface area contributed by atoms with E-state index in [1.165, 1.54) is 0 Å². The van der Waals surface area contributed by atoms with E-state index in [0.717, 1.165) is 0 Å². The molecule has 0 spiro atoms. The zero-order valence-electron chi connectivity index (χ0n) is 8.50. The van der Waals surface area contributed by atoms with Gasteiger partial charge < -0.3 is 10.2 Å². The highest BCUT2D eigenvalue weighted by atomic mass is 32.2. The van der Waals surface area contributed by atoms with Crippen molar-refractivity contribution in [2.24, 2.45) is 0 Å². The van der Waals surface area contributed by atoms with Crippen LogP contribution >= 0.6 is 0 Å². The number of carboxylic acids is 2. The van der Waals surface area contributed by atoms with Gasteiger partial charge in [0.05, 0.1) is 6.42 Å². The van der Waals surface area contributed by atoms with Gasteiger partial charge in [-0.2, -0.15) is 8.42 Å². The van der Waals surface area contributed by atoms with Gasteiger partial charge in [-0.05, 0) is 0 Å². The molecule has 0 aromatic rings. The maximum Gasteiger partial charge on any atom is 0.325 e. The Hall–Kier alpha value is -1.67. The Balaban J connectivity index is -0.000000376. The monoisotopic (exact) mass is 254 g/mol. The quantitative estimate of drug-likeness (QED) is 0.489. The fraction of sp³-hybridized carbons (Fsp3) is 0.250. The van der Waals surface area contributed by atoms with Crippen LogP contribution in [0, 0.1) is 0 Å². The first-order chi connectivity index (χ1) is 7.25. The van der Waals surface area contributed by atoms with E-state index in [4.69, 9.17) is 14.8 Å². The predicted molar refractivity (Wildman–Crippen MR) is 57.7 cm³/mol. The van der Waals surface area contributed by atoms with Gasteiger partial charge in [0.2, 0.25) is 0 Å². The van der Waals surface area contributed by atoms with Crippen LogP contribution in [0.5, 0.6) is 0 Å². The van der Waals surface area contributed by atoms with Crippen molar-refractivity contribution in [2.45, 2.75) is 11.7 Å². The summed E-state index contributed by atoms with van der Waals surface area (Å²) in [5.41, 5.74) is 0. The molecule has 0 aromatic heterocycles. The maximum absolute atomic E-state index is 10.2. The molecule has 0 heterocycles. The summed E-state index contributed by atoms with van der Waals surface area (Å²) in [6.07, 6.45) is -1.16. The van der Waals surface area contributed by atoms with Crippen molar-refractivity contribution in [3.63, 3.8) is 0 Å². The Labute approximate surface area is 93.5 Å². The fourth-order valence-electron chi connectivity index (χ4n) is 0.479. The van der Waals surface area contributed by atoms with E-state index in [0.29, 0.717) is 0 Å². The Morgan fingerprint density at radius 2 is 1.38 bits per heavy atom. The summed E-state index contributed by atoms with van der Waals surface area (Å²) in [6, 6.07) is 0. The zero-order valence-corrected chi connectivity index (χ0v) is 9.31. The molecule has 16 heavy (non-hydrogen) atoms. The van der Waals surface area contributed by atoms with Gasteiger partial charge in [-0.3, -0.25) is 14.1 Å². The molecular formula is C8H14O7S. The second-order valence-corrected chi connectivity index (χ2v) is 3.54. The topological polar surface area (TPSA) is 129 Å². The first kappa shape index (κ1) is 19.8. The molecule has 0 amide bonds. The largest absolute Gasteiger partial charge is 0.481 e. The van der Waals surface area contributed by atoms with Crippen molar-refractivity contribution < 1.29 is 32.8 Å². The van der Waals surface area contributed by atoms with E-state index in [2.05, 4.69) is 26.3 Å². The van der Waals surface area contributed by atoms with Gasteiger partial charge in [-0.25, -0.2) is 0 Å². The van der Waals surface area contributed by atoms with Gasteiger partial charge in [-0.15, -0.1) is 26.3 Å². The average Bonchev–Trinajstić information content (AvgIpc) is 2.18. The third-order valence-corrected chi connectivity index (χ3v) is 2.08. The maximum atomic E-state index is 10.2. The summed E-state index contributed by atoms with van der Waals surface area (Å²) in [5, 5.41) is 13.9. The molecule has 0 saturated carbocycles. The lowest BCUT2D eigenvalue weighted by Crippen LogP contribution is -2.31. The van der Waals surface area contributed by atoms with Gasteiger partial charge in [0.15, 0.2) is 5.25 Å². The van der Waals surface area contributed by atoms with Crippen LogP contribution in [0.15, 0.2) is 26.3 Å². The summed E-state index contributed by atoms with van der Waals surface area (Å²) >= 11 is 0. The normalized spacial score (nSPS) is 10.8. The molecule has 0 bridgehead atoms. The minimum absolute atomic E-state index is 1.16. The van der Waals surface area contributed by atoms with Crippen molar-refractivity contribution in [1.82, 2.24) is 0 Å². The lowest BCUT2D eigenvalue weighted by Gasteiger charge is -2.04. The second kappa shape index (κ2) is 9.87. The van der Waals surface area contributed by atoms with Crippen LogP contribution in [0.25, 0.3) is 0 Å². The third kappa shape index (κ3) is 10.4. The molecule has 1 atom stereocenters. The van der Waals surface area contributed by atoms with Crippen LogP contribution in [0.1, 0.15) is 6.42 Å². The van der Waals surface area contributed by atoms with Crippen LogP contribution in [0.4, 0.5) is 0 Å². The van der Waals surface area contributed by atoms with Crippen molar-refractivity contribution in [3.05, 3.63) is 26.3 Å². The molecule has 0 radical (unpaired) electrons. The fourth-order valence-corrected chi connectivity index (χ4v) is 1.09. The van der Waals surface area contributed by atoms with Crippen LogP contribution < -0.4 is 0 Å². The lowest BCUT2D eigenvalue weighted by molar-refractivity contribution is -0.143. The lowest BCUT2D eigenvalue weighted by atomic mass is 10.3. The molecular weight excluding hydrogens is 240 g/mol. The van der Waals surface area contributed by atoms with E-state index in [-0.39, 0.29) is 0 Å². The molecule has 94 valence electrons. The van der Waals surface area contributed by atoms with Crippen molar-refractivity contribution in [3.8, 4) is 0 Å². The van der Waals surface area contributed by atoms with Crippen molar-refractivity contribution >= 4 is 22.1 Å². The number of rotatable bonds is 4. The zero-order chi connectivity index (χ0) is 13.9. The van der Waals surface area contributed by atoms with Crippen LogP contribution in [0.2, 0.25) is 0 Å². The average molecular weight is 254 g/mol. The summed E-state index contributed by atoms with van der Waals surface area (Å²) in [6.45, 7) is 12.0. The predicted octanol–water partition coefficient (Wildman–Crippen LogP) is 0.406. The van der Waals surface area contributed by atoms with Gasteiger partial charge in [-0.1, -0.05) is 0 Å². The summed E-state index contributed by atoms with van der Waals surface area (Å²) in [4.78, 5) is 20.0. The van der Waals surface area contributed by atoms with Crippen molar-refractivity contribution in [2.75, 3.05) is 0 Å². The molecule has 3 N–H and O–H groups in total. The molecule has 0 fully saturated rings. The minimum Gasteiger partial charge on any atom is -0.481 e. The third-order valence-electron chi connectivity index (χ3n) is 0.995. The Morgan fingerprint density at radius 3 is 1.44 bits per heavy atom. The molecule has 0 saturated heterocycles. The second-order valence-electron chi connectivity index (χ2n) is 1.94. The standard InChI is InChI=1S/C4H6O7S.2C2H4/c5-3(6)1-2(4(7)8)12(9,10)11;2*1-2/h2H,1H2,(H,5,6)(H,7,8)(H,9,10,11);2*1-2H2. The Kier molecular flexibility index (Phi) is 12.2. The van der Waals surface area contributed by atoms with Crippen molar-refractivity contribution in [1.29, 1.82) is 0 Å². The number of hydrogen-bond acceptors (Lipinski definition) is 4. The molecule has 8 heteroatoms. The van der Waals surface area contributed by atoms with E-state index in [1.807, 2.05) is 0 Å². The Morgan fingerprint density at radius 1 is 1.06 bits per heavy atom. The highest BCUT2D eigenvalue weighted by Gasteiger charge is 2.33. The van der Waals surface area contributed by atoms with E-state index in [1.54, 1.807) is 0 Å². The molecule has 0 aliphatic rings. The van der Waals surface area contributed by atoms with Crippen LogP contribution in [-0.2, 0) is 19.7 Å². The first-order valence-electron chi connectivity index (χ1n) is 3.66. The molecule has 0 aliphatic heterocycles. The van der Waals surface area contributed by atoms with Gasteiger partial charge >= 0.3 is 11.9 Å². The van der Waals surface area contributed by atoms with Gasteiger partial charge in [0.25, 0.3) is 10.1 Å². The van der Waals surface area contributed by atoms with Crippen LogP contribution in [-0.4, -0.2) is 40.4 Å². The smallest absolute Gasteiger partial charge is 0.325 e. The molecule has 0 rings (SSSR count). The summed E-state index contributed by atoms with van der Waals surface area (Å²) in [7, 11) is -4.84. The van der Waals surface area contributed by atoms with E-state index in [9.17, 15) is 18.0 Å². The van der Waals surface area contributed by atoms with Gasteiger partial charge in [0, 0.05) is 0 Å². The van der Waals surface area contributed by atoms with Crippen LogP contribution in [0.3, 0.4) is 0 Å². The first-order valence-corrected chi connectivity index (χ1v) is 5.16. The minimum atomic E-state index is -4.84. The highest BCUT2D eigenvalue weighted by Crippen LogP contribution is 2.04. The molecule has 7 nitrogen and oxygen atoms in total. The highest BCUT2D eigenvalue weighted by molar-refractivity contribution is 7.87. The van der Waals surface area contributed by atoms with Gasteiger partial charge in [0.1, 0.15) is 0 Å².